The van der Waals surface area contributed by atoms with Gasteiger partial charge in [-0.25, -0.2) is 4.98 Å². The monoisotopic (exact) mass is 380 g/mol. The lowest BCUT2D eigenvalue weighted by Crippen LogP contribution is -2.31. The van der Waals surface area contributed by atoms with Gasteiger partial charge in [-0.15, -0.1) is 0 Å². The standard InChI is InChI=1S/C20H19ClN5O/c1-2-15-12-23-26-19(22-11-14-8-9-18(21)25(27)13-14)10-17(24-20(15)26)16-6-4-3-5-7-16/h3-10,12-13,22,27H,2,11H2,1H3/q+1. The van der Waals surface area contributed by atoms with Crippen molar-refractivity contribution in [2.45, 2.75) is 19.9 Å². The summed E-state index contributed by atoms with van der Waals surface area (Å²) in [5, 5.41) is 17.9. The van der Waals surface area contributed by atoms with Gasteiger partial charge in [0.15, 0.2) is 5.65 Å². The van der Waals surface area contributed by atoms with Crippen LogP contribution in [0.3, 0.4) is 0 Å². The second kappa shape index (κ2) is 7.25. The maximum atomic E-state index is 9.73. The Balaban J connectivity index is 1.74. The molecule has 0 unspecified atom stereocenters. The normalized spacial score (nSPS) is 11.0. The van der Waals surface area contributed by atoms with Crippen molar-refractivity contribution in [2.75, 3.05) is 5.32 Å². The molecular formula is C20H19ClN5O+. The van der Waals surface area contributed by atoms with Gasteiger partial charge in [0, 0.05) is 40.1 Å². The molecule has 0 bridgehead atoms. The Morgan fingerprint density at radius 3 is 2.74 bits per heavy atom. The zero-order valence-corrected chi connectivity index (χ0v) is 15.6. The lowest BCUT2D eigenvalue weighted by atomic mass is 10.1. The maximum absolute atomic E-state index is 9.73. The van der Waals surface area contributed by atoms with Gasteiger partial charge in [-0.05, 0) is 24.1 Å². The Bertz CT molecular complexity index is 1090. The maximum Gasteiger partial charge on any atom is 0.325 e. The third-order valence-electron chi connectivity index (χ3n) is 4.41. The van der Waals surface area contributed by atoms with E-state index in [0.717, 1.165) is 45.0 Å². The fraction of sp³-hybridized carbons (Fsp3) is 0.150. The minimum absolute atomic E-state index is 0.260. The van der Waals surface area contributed by atoms with E-state index >= 15 is 0 Å². The van der Waals surface area contributed by atoms with Crippen LogP contribution in [0, 0.1) is 0 Å². The second-order valence-corrected chi connectivity index (χ2v) is 6.60. The van der Waals surface area contributed by atoms with Crippen molar-refractivity contribution < 1.29 is 9.94 Å². The molecule has 3 heterocycles. The van der Waals surface area contributed by atoms with Crippen LogP contribution in [0.15, 0.2) is 60.9 Å². The number of nitrogens with zero attached hydrogens (tertiary/aromatic N) is 4. The molecule has 136 valence electrons. The average Bonchev–Trinajstić information content (AvgIpc) is 3.12. The Labute approximate surface area is 161 Å². The van der Waals surface area contributed by atoms with Gasteiger partial charge in [0.25, 0.3) is 0 Å². The minimum atomic E-state index is 0.260. The lowest BCUT2D eigenvalue weighted by molar-refractivity contribution is -0.903. The van der Waals surface area contributed by atoms with E-state index in [1.807, 2.05) is 53.2 Å². The van der Waals surface area contributed by atoms with Crippen LogP contribution in [0.1, 0.15) is 18.1 Å². The van der Waals surface area contributed by atoms with Crippen LogP contribution in [0.4, 0.5) is 5.82 Å². The van der Waals surface area contributed by atoms with Gasteiger partial charge in [-0.2, -0.15) is 9.61 Å². The van der Waals surface area contributed by atoms with Crippen molar-refractivity contribution in [2.24, 2.45) is 0 Å². The van der Waals surface area contributed by atoms with Gasteiger partial charge in [0.1, 0.15) is 5.82 Å². The summed E-state index contributed by atoms with van der Waals surface area (Å²) in [4.78, 5) is 4.82. The van der Waals surface area contributed by atoms with Crippen LogP contribution in [-0.2, 0) is 13.0 Å². The highest BCUT2D eigenvalue weighted by Crippen LogP contribution is 2.24. The van der Waals surface area contributed by atoms with Crippen LogP contribution in [0.2, 0.25) is 5.15 Å². The molecule has 7 heteroatoms. The van der Waals surface area contributed by atoms with Crippen LogP contribution in [0.5, 0.6) is 0 Å². The number of aryl methyl sites for hydroxylation is 1. The molecule has 0 saturated heterocycles. The number of pyridine rings is 1. The first-order valence-corrected chi connectivity index (χ1v) is 9.10. The molecule has 0 radical (unpaired) electrons. The summed E-state index contributed by atoms with van der Waals surface area (Å²) in [6, 6.07) is 15.6. The number of hydrogen-bond acceptors (Lipinski definition) is 4. The summed E-state index contributed by atoms with van der Waals surface area (Å²) < 4.78 is 2.72. The van der Waals surface area contributed by atoms with E-state index in [9.17, 15) is 5.21 Å². The highest BCUT2D eigenvalue weighted by atomic mass is 35.5. The topological polar surface area (TPSA) is 66.3 Å². The van der Waals surface area contributed by atoms with Gasteiger partial charge in [-0.3, -0.25) is 5.21 Å². The predicted octanol–water partition coefficient (Wildman–Crippen LogP) is 3.75. The number of aromatic nitrogens is 4. The van der Waals surface area contributed by atoms with Crippen LogP contribution >= 0.6 is 11.6 Å². The van der Waals surface area contributed by atoms with Gasteiger partial charge in [0.05, 0.1) is 11.9 Å². The van der Waals surface area contributed by atoms with Crippen molar-refractivity contribution >= 4 is 23.1 Å². The molecule has 4 rings (SSSR count). The molecular weight excluding hydrogens is 362 g/mol. The molecule has 0 aliphatic rings. The summed E-state index contributed by atoms with van der Waals surface area (Å²) in [5.74, 6) is 0.831. The number of hydrogen-bond donors (Lipinski definition) is 2. The van der Waals surface area contributed by atoms with Gasteiger partial charge >= 0.3 is 5.15 Å². The minimum Gasteiger partial charge on any atom is -0.366 e. The Kier molecular flexibility index (Phi) is 4.64. The Morgan fingerprint density at radius 2 is 2.00 bits per heavy atom. The molecule has 0 fully saturated rings. The Hall–Kier alpha value is -3.12. The largest absolute Gasteiger partial charge is 0.366 e. The lowest BCUT2D eigenvalue weighted by Gasteiger charge is -2.11. The molecule has 1 aromatic carbocycles. The highest BCUT2D eigenvalue weighted by Gasteiger charge is 2.13. The van der Waals surface area contributed by atoms with E-state index in [2.05, 4.69) is 17.3 Å². The van der Waals surface area contributed by atoms with Crippen molar-refractivity contribution in [1.82, 2.24) is 14.6 Å². The molecule has 0 aliphatic carbocycles. The second-order valence-electron chi connectivity index (χ2n) is 6.21. The third-order valence-corrected chi connectivity index (χ3v) is 4.71. The molecule has 27 heavy (non-hydrogen) atoms. The first-order valence-electron chi connectivity index (χ1n) is 8.72. The third kappa shape index (κ3) is 3.44. The smallest absolute Gasteiger partial charge is 0.325 e. The molecule has 0 aliphatic heterocycles. The first kappa shape index (κ1) is 17.3. The highest BCUT2D eigenvalue weighted by molar-refractivity contribution is 6.28. The molecule has 0 atom stereocenters. The Morgan fingerprint density at radius 1 is 1.19 bits per heavy atom. The summed E-state index contributed by atoms with van der Waals surface area (Å²) in [7, 11) is 0. The van der Waals surface area contributed by atoms with E-state index < -0.39 is 0 Å². The first-order chi connectivity index (χ1) is 13.2. The molecule has 0 spiro atoms. The van der Waals surface area contributed by atoms with Crippen molar-refractivity contribution in [3.05, 3.63) is 77.2 Å². The molecule has 6 nitrogen and oxygen atoms in total. The van der Waals surface area contributed by atoms with Gasteiger partial charge in [-0.1, -0.05) is 37.3 Å². The molecule has 3 aromatic heterocycles. The van der Waals surface area contributed by atoms with E-state index in [1.54, 1.807) is 12.3 Å². The van der Waals surface area contributed by atoms with Crippen LogP contribution < -0.4 is 10.0 Å². The number of rotatable bonds is 5. The zero-order valence-electron chi connectivity index (χ0n) is 14.8. The van der Waals surface area contributed by atoms with Crippen molar-refractivity contribution in [1.29, 1.82) is 0 Å². The zero-order chi connectivity index (χ0) is 18.8. The van der Waals surface area contributed by atoms with Crippen molar-refractivity contribution in [3.8, 4) is 11.3 Å². The van der Waals surface area contributed by atoms with Crippen LogP contribution in [-0.4, -0.2) is 19.8 Å². The molecule has 0 amide bonds. The number of benzene rings is 1. The predicted molar refractivity (Wildman–Crippen MR) is 104 cm³/mol. The average molecular weight is 381 g/mol. The molecule has 4 aromatic rings. The van der Waals surface area contributed by atoms with E-state index in [0.29, 0.717) is 6.54 Å². The van der Waals surface area contributed by atoms with Crippen LogP contribution in [0.25, 0.3) is 16.9 Å². The number of halogens is 1. The fourth-order valence-corrected chi connectivity index (χ4v) is 3.06. The van der Waals surface area contributed by atoms with E-state index in [4.69, 9.17) is 16.6 Å². The summed E-state index contributed by atoms with van der Waals surface area (Å²) >= 11 is 5.85. The molecule has 2 N–H and O–H groups in total. The number of fused-ring (bicyclic) bond motifs is 1. The summed E-state index contributed by atoms with van der Waals surface area (Å²) in [5.41, 5.74) is 4.75. The van der Waals surface area contributed by atoms with E-state index in [-0.39, 0.29) is 5.15 Å². The number of anilines is 1. The summed E-state index contributed by atoms with van der Waals surface area (Å²) in [6.07, 6.45) is 4.29. The van der Waals surface area contributed by atoms with Gasteiger partial charge in [0.2, 0.25) is 6.20 Å². The van der Waals surface area contributed by atoms with E-state index in [1.165, 1.54) is 0 Å². The quantitative estimate of drug-likeness (QED) is 0.314. The SMILES string of the molecule is CCc1cnn2c(NCc3ccc(Cl)[n+](O)c3)cc(-c3ccccc3)nc12. The fourth-order valence-electron chi connectivity index (χ4n) is 2.95. The van der Waals surface area contributed by atoms with Crippen molar-refractivity contribution in [3.63, 3.8) is 0 Å². The summed E-state index contributed by atoms with van der Waals surface area (Å²) in [6.45, 7) is 2.60. The number of nitrogens with one attached hydrogen (secondary N) is 1. The molecule has 0 saturated carbocycles. The van der Waals surface area contributed by atoms with Gasteiger partial charge < -0.3 is 5.32 Å².